The second-order valence-corrected chi connectivity index (χ2v) is 7.76. The third kappa shape index (κ3) is 1.22. The molecule has 0 N–H and O–H groups in total. The van der Waals surface area contributed by atoms with Gasteiger partial charge in [0.05, 0.1) is 0 Å². The predicted molar refractivity (Wildman–Crippen MR) is 59.4 cm³/mol. The van der Waals surface area contributed by atoms with Gasteiger partial charge in [0.25, 0.3) is 0 Å². The maximum atomic E-state index is 13.5. The molecule has 1 heterocycles. The summed E-state index contributed by atoms with van der Waals surface area (Å²) in [6, 6.07) is 0. The van der Waals surface area contributed by atoms with Gasteiger partial charge >= 0.3 is 11.2 Å². The van der Waals surface area contributed by atoms with Gasteiger partial charge in [-0.1, -0.05) is 25.6 Å². The minimum Gasteiger partial charge on any atom is -0.199 e. The fourth-order valence-corrected chi connectivity index (χ4v) is 6.03. The van der Waals surface area contributed by atoms with Crippen LogP contribution >= 0.6 is 11.8 Å². The van der Waals surface area contributed by atoms with E-state index in [1.165, 1.54) is 0 Å². The molecule has 0 amide bonds. The summed E-state index contributed by atoms with van der Waals surface area (Å²) in [7, 11) is 0. The lowest BCUT2D eigenvalue weighted by Crippen LogP contribution is -2.46. The van der Waals surface area contributed by atoms with Crippen molar-refractivity contribution in [2.45, 2.75) is 55.5 Å². The minimum atomic E-state index is -3.89. The zero-order valence-corrected chi connectivity index (χ0v) is 10.7. The van der Waals surface area contributed by atoms with Gasteiger partial charge in [-0.2, -0.15) is 17.6 Å². The number of alkyl halides is 4. The normalized spacial score (nSPS) is 49.1. The molecule has 1 saturated heterocycles. The van der Waals surface area contributed by atoms with Gasteiger partial charge in [-0.3, -0.25) is 0 Å². The summed E-state index contributed by atoms with van der Waals surface area (Å²) in [6.45, 7) is 3.81. The van der Waals surface area contributed by atoms with Crippen LogP contribution in [0.25, 0.3) is 0 Å². The molecule has 98 valence electrons. The highest BCUT2D eigenvalue weighted by molar-refractivity contribution is 8.02. The van der Waals surface area contributed by atoms with Crippen LogP contribution in [0.2, 0.25) is 0 Å². The quantitative estimate of drug-likeness (QED) is 0.581. The molecule has 2 saturated carbocycles. The lowest BCUT2D eigenvalue weighted by Gasteiger charge is -2.46. The molecule has 3 fully saturated rings. The third-order valence-electron chi connectivity index (χ3n) is 5.42. The molecule has 17 heavy (non-hydrogen) atoms. The van der Waals surface area contributed by atoms with E-state index in [1.807, 2.05) is 13.8 Å². The van der Waals surface area contributed by atoms with E-state index >= 15 is 0 Å². The Kier molecular flexibility index (Phi) is 2.12. The average molecular weight is 268 g/mol. The molecule has 3 aliphatic rings. The van der Waals surface area contributed by atoms with Gasteiger partial charge in [0.15, 0.2) is 0 Å². The van der Waals surface area contributed by atoms with Crippen molar-refractivity contribution in [3.8, 4) is 0 Å². The lowest BCUT2D eigenvalue weighted by atomic mass is 9.66. The molecule has 0 unspecified atom stereocenters. The molecular formula is C12H16F4S. The first-order chi connectivity index (χ1) is 7.62. The fourth-order valence-electron chi connectivity index (χ4n) is 4.29. The van der Waals surface area contributed by atoms with E-state index in [9.17, 15) is 17.6 Å². The second kappa shape index (κ2) is 2.97. The lowest BCUT2D eigenvalue weighted by molar-refractivity contribution is -0.152. The van der Waals surface area contributed by atoms with Crippen molar-refractivity contribution in [2.24, 2.45) is 17.3 Å². The zero-order chi connectivity index (χ0) is 12.7. The van der Waals surface area contributed by atoms with E-state index in [1.54, 1.807) is 0 Å². The number of halogens is 4. The van der Waals surface area contributed by atoms with Gasteiger partial charge in [-0.15, -0.1) is 0 Å². The smallest absolute Gasteiger partial charge is 0.199 e. The van der Waals surface area contributed by atoms with Gasteiger partial charge < -0.3 is 0 Å². The summed E-state index contributed by atoms with van der Waals surface area (Å²) in [5.74, 6) is -3.46. The van der Waals surface area contributed by atoms with Gasteiger partial charge in [0.2, 0.25) is 0 Å². The number of hydrogen-bond donors (Lipinski definition) is 0. The van der Waals surface area contributed by atoms with E-state index in [2.05, 4.69) is 0 Å². The van der Waals surface area contributed by atoms with Gasteiger partial charge in [-0.25, -0.2) is 0 Å². The molecule has 0 nitrogen and oxygen atoms in total. The highest BCUT2D eigenvalue weighted by atomic mass is 32.2. The molecule has 0 aromatic carbocycles. The van der Waals surface area contributed by atoms with Crippen molar-refractivity contribution in [1.29, 1.82) is 0 Å². The van der Waals surface area contributed by atoms with Gasteiger partial charge in [-0.05, 0) is 36.5 Å². The van der Waals surface area contributed by atoms with Crippen molar-refractivity contribution < 1.29 is 17.6 Å². The number of fused-ring (bicyclic) bond motifs is 3. The molecule has 1 spiro atoms. The number of rotatable bonds is 0. The Balaban J connectivity index is 2.05. The van der Waals surface area contributed by atoms with E-state index in [4.69, 9.17) is 0 Å². The van der Waals surface area contributed by atoms with Crippen LogP contribution in [-0.2, 0) is 0 Å². The van der Waals surface area contributed by atoms with Crippen molar-refractivity contribution in [1.82, 2.24) is 0 Å². The highest BCUT2D eigenvalue weighted by Gasteiger charge is 2.77. The van der Waals surface area contributed by atoms with Crippen LogP contribution in [0.3, 0.4) is 0 Å². The van der Waals surface area contributed by atoms with Crippen molar-refractivity contribution in [2.75, 3.05) is 0 Å². The Bertz CT molecular complexity index is 348. The van der Waals surface area contributed by atoms with E-state index in [0.29, 0.717) is 5.92 Å². The molecule has 1 aliphatic heterocycles. The van der Waals surface area contributed by atoms with E-state index in [0.717, 1.165) is 19.3 Å². The fraction of sp³-hybridized carbons (Fsp3) is 1.00. The average Bonchev–Trinajstić information content (AvgIpc) is 2.72. The summed E-state index contributed by atoms with van der Waals surface area (Å²) in [5, 5.41) is -3.89. The van der Waals surface area contributed by atoms with Crippen LogP contribution in [-0.4, -0.2) is 15.9 Å². The second-order valence-electron chi connectivity index (χ2n) is 6.32. The highest BCUT2D eigenvalue weighted by Crippen LogP contribution is 2.76. The molecule has 3 rings (SSSR count). The maximum Gasteiger partial charge on any atom is 0.356 e. The molecule has 0 aromatic heterocycles. The van der Waals surface area contributed by atoms with Crippen LogP contribution in [0.1, 0.15) is 39.5 Å². The maximum absolute atomic E-state index is 13.5. The molecule has 2 aliphatic carbocycles. The topological polar surface area (TPSA) is 0 Å². The monoisotopic (exact) mass is 268 g/mol. The molecule has 5 heteroatoms. The predicted octanol–water partition coefficient (Wildman–Crippen LogP) is 4.55. The Morgan fingerprint density at radius 3 is 2.00 bits per heavy atom. The van der Waals surface area contributed by atoms with Crippen LogP contribution < -0.4 is 0 Å². The Hall–Kier alpha value is 0.0700. The van der Waals surface area contributed by atoms with Crippen molar-refractivity contribution >= 4 is 11.8 Å². The van der Waals surface area contributed by atoms with Gasteiger partial charge in [0.1, 0.15) is 0 Å². The molecule has 0 radical (unpaired) electrons. The minimum absolute atomic E-state index is 0.0479. The number of hydrogen-bond acceptors (Lipinski definition) is 1. The van der Waals surface area contributed by atoms with Crippen LogP contribution in [0.4, 0.5) is 17.6 Å². The first-order valence-electron chi connectivity index (χ1n) is 6.08. The zero-order valence-electron chi connectivity index (χ0n) is 9.90. The molecular weight excluding hydrogens is 252 g/mol. The summed E-state index contributed by atoms with van der Waals surface area (Å²) < 4.78 is 53.1. The largest absolute Gasteiger partial charge is 0.356 e. The Morgan fingerprint density at radius 2 is 1.59 bits per heavy atom. The van der Waals surface area contributed by atoms with Gasteiger partial charge in [0, 0.05) is 11.2 Å². The summed E-state index contributed by atoms with van der Waals surface area (Å²) >= 11 is 0.271. The first kappa shape index (κ1) is 12.1. The Morgan fingerprint density at radius 1 is 1.00 bits per heavy atom. The van der Waals surface area contributed by atoms with Crippen LogP contribution in [0, 0.1) is 17.3 Å². The number of thioether (sulfide) groups is 1. The molecule has 2 bridgehead atoms. The van der Waals surface area contributed by atoms with E-state index in [-0.39, 0.29) is 17.7 Å². The first-order valence-corrected chi connectivity index (χ1v) is 6.90. The van der Waals surface area contributed by atoms with Crippen LogP contribution in [0.5, 0.6) is 0 Å². The van der Waals surface area contributed by atoms with Crippen molar-refractivity contribution in [3.63, 3.8) is 0 Å². The summed E-state index contributed by atoms with van der Waals surface area (Å²) in [6.07, 6.45) is 2.06. The molecule has 3 atom stereocenters. The summed E-state index contributed by atoms with van der Waals surface area (Å²) in [5.41, 5.74) is -0.399. The summed E-state index contributed by atoms with van der Waals surface area (Å²) in [4.78, 5) is 0. The Labute approximate surface area is 103 Å². The van der Waals surface area contributed by atoms with E-state index < -0.39 is 27.8 Å². The van der Waals surface area contributed by atoms with Crippen molar-refractivity contribution in [3.05, 3.63) is 0 Å². The SMILES string of the molecule is CC1(C)[C@@H]2CC[C@H](C2)[C@@]12CC(F)(F)C(F)(F)S2. The standard InChI is InChI=1S/C12H16F4S/c1-9(2)7-3-4-8(5-7)10(9)6-11(13,14)12(15,16)17-10/h7-8H,3-6H2,1-2H3/t7-,8-,10+/m1/s1. The molecule has 0 aromatic rings. The third-order valence-corrected chi connectivity index (χ3v) is 7.35. The van der Waals surface area contributed by atoms with Crippen LogP contribution in [0.15, 0.2) is 0 Å².